The van der Waals surface area contributed by atoms with Crippen molar-refractivity contribution in [2.75, 3.05) is 0 Å². The Morgan fingerprint density at radius 3 is 1.50 bits per heavy atom. The Balaban J connectivity index is 1.37. The minimum Gasteiger partial charge on any atom is -0.456 e. The van der Waals surface area contributed by atoms with Gasteiger partial charge in [0.2, 0.25) is 0 Å². The molecule has 1 spiro atoms. The summed E-state index contributed by atoms with van der Waals surface area (Å²) in [6.45, 7) is 0. The molecule has 10 rings (SSSR count). The van der Waals surface area contributed by atoms with Crippen molar-refractivity contribution >= 4 is 10.8 Å². The molecule has 7 aromatic carbocycles. The lowest BCUT2D eigenvalue weighted by molar-refractivity contribution is 0.487. The van der Waals surface area contributed by atoms with E-state index in [9.17, 15) is 0 Å². The van der Waals surface area contributed by atoms with Crippen LogP contribution < -0.4 is 4.74 Å². The first-order chi connectivity index (χ1) is 20.9. The molecule has 42 heavy (non-hydrogen) atoms. The molecule has 1 heterocycles. The molecule has 0 amide bonds. The second-order valence-corrected chi connectivity index (χ2v) is 11.6. The number of hydrogen-bond donors (Lipinski definition) is 0. The number of fused-ring (bicyclic) bond motifs is 12. The summed E-state index contributed by atoms with van der Waals surface area (Å²) in [7, 11) is 0. The molecule has 3 aliphatic rings. The Bertz CT molecular complexity index is 2220. The molecule has 0 aromatic heterocycles. The fourth-order valence-corrected chi connectivity index (χ4v) is 8.22. The largest absolute Gasteiger partial charge is 0.456 e. The third-order valence-electron chi connectivity index (χ3n) is 9.69. The highest BCUT2D eigenvalue weighted by Crippen LogP contribution is 2.65. The molecule has 0 saturated heterocycles. The van der Waals surface area contributed by atoms with Crippen LogP contribution in [-0.4, -0.2) is 0 Å². The second kappa shape index (κ2) is 7.87. The number of benzene rings is 7. The van der Waals surface area contributed by atoms with Gasteiger partial charge >= 0.3 is 0 Å². The van der Waals surface area contributed by atoms with Crippen LogP contribution >= 0.6 is 0 Å². The first-order valence-corrected chi connectivity index (χ1v) is 14.6. The van der Waals surface area contributed by atoms with E-state index in [-0.39, 0.29) is 0 Å². The van der Waals surface area contributed by atoms with Crippen molar-refractivity contribution in [3.63, 3.8) is 0 Å². The molecule has 0 radical (unpaired) electrons. The van der Waals surface area contributed by atoms with Crippen LogP contribution in [0, 0.1) is 0 Å². The Kier molecular flexibility index (Phi) is 4.18. The van der Waals surface area contributed by atoms with Crippen LogP contribution in [0.15, 0.2) is 146 Å². The minimum absolute atomic E-state index is 0.405. The average molecular weight is 533 g/mol. The smallest absolute Gasteiger partial charge is 0.135 e. The lowest BCUT2D eigenvalue weighted by Crippen LogP contribution is -2.26. The van der Waals surface area contributed by atoms with Gasteiger partial charge < -0.3 is 4.74 Å². The molecule has 0 bridgehead atoms. The van der Waals surface area contributed by atoms with E-state index in [1.54, 1.807) is 0 Å². The third-order valence-corrected chi connectivity index (χ3v) is 9.69. The van der Waals surface area contributed by atoms with Gasteiger partial charge in [-0.25, -0.2) is 0 Å². The number of rotatable bonds is 1. The molecule has 0 fully saturated rings. The van der Waals surface area contributed by atoms with E-state index in [1.807, 2.05) is 0 Å². The van der Waals surface area contributed by atoms with Crippen LogP contribution in [0.1, 0.15) is 22.3 Å². The average Bonchev–Trinajstić information content (AvgIpc) is 3.52. The topological polar surface area (TPSA) is 9.23 Å². The van der Waals surface area contributed by atoms with Crippen LogP contribution in [0.5, 0.6) is 11.5 Å². The van der Waals surface area contributed by atoms with Gasteiger partial charge in [-0.3, -0.25) is 0 Å². The summed E-state index contributed by atoms with van der Waals surface area (Å²) in [5.74, 6) is 1.83. The maximum Gasteiger partial charge on any atom is 0.135 e. The maximum atomic E-state index is 6.62. The van der Waals surface area contributed by atoms with Gasteiger partial charge in [-0.05, 0) is 78.7 Å². The molecule has 194 valence electrons. The number of ether oxygens (including phenoxy) is 1. The van der Waals surface area contributed by atoms with Crippen LogP contribution in [0.2, 0.25) is 0 Å². The molecule has 0 saturated carbocycles. The zero-order valence-corrected chi connectivity index (χ0v) is 22.8. The highest BCUT2D eigenvalue weighted by molar-refractivity contribution is 6.09. The van der Waals surface area contributed by atoms with Gasteiger partial charge in [-0.1, -0.05) is 133 Å². The molecule has 1 aliphatic heterocycles. The molecule has 0 N–H and O–H groups in total. The number of hydrogen-bond acceptors (Lipinski definition) is 1. The quantitative estimate of drug-likeness (QED) is 0.204. The Morgan fingerprint density at radius 1 is 0.357 bits per heavy atom. The second-order valence-electron chi connectivity index (χ2n) is 11.6. The van der Waals surface area contributed by atoms with Crippen molar-refractivity contribution in [1.82, 2.24) is 0 Å². The summed E-state index contributed by atoms with van der Waals surface area (Å²) in [5, 5.41) is 2.38. The predicted octanol–water partition coefficient (Wildman–Crippen LogP) is 10.6. The molecule has 1 nitrogen and oxygen atoms in total. The van der Waals surface area contributed by atoms with Crippen LogP contribution in [0.4, 0.5) is 0 Å². The fraction of sp³-hybridized carbons (Fsp3) is 0.0244. The van der Waals surface area contributed by atoms with E-state index in [0.717, 1.165) is 11.5 Å². The van der Waals surface area contributed by atoms with Gasteiger partial charge in [0.05, 0.1) is 5.41 Å². The van der Waals surface area contributed by atoms with Crippen molar-refractivity contribution in [3.8, 4) is 56.0 Å². The van der Waals surface area contributed by atoms with E-state index in [2.05, 4.69) is 146 Å². The standard InChI is InChI=1S/C41H24O/c1-4-20-33-26(13-1)27-14-2-5-21-34(27)41(33)35-22-6-3-15-28(35)30-17-9-18-31(40(30)41)29-16-10-24-37-39(29)32-19-7-11-25-12-8-23-36(42-37)38(25)32/h1-24H. The summed E-state index contributed by atoms with van der Waals surface area (Å²) < 4.78 is 6.62. The SMILES string of the molecule is c1ccc2c(c1)-c1ccccc1C21c2ccccc2-c2cccc(-c3cccc4c3-c3cccc5cccc(c35)O4)c21. The fourth-order valence-electron chi connectivity index (χ4n) is 8.22. The highest BCUT2D eigenvalue weighted by Gasteiger charge is 2.52. The zero-order chi connectivity index (χ0) is 27.4. The maximum absolute atomic E-state index is 6.62. The van der Waals surface area contributed by atoms with E-state index in [4.69, 9.17) is 4.74 Å². The molecule has 0 atom stereocenters. The van der Waals surface area contributed by atoms with Crippen LogP contribution in [0.25, 0.3) is 55.3 Å². The van der Waals surface area contributed by atoms with Crippen molar-refractivity contribution in [3.05, 3.63) is 168 Å². The summed E-state index contributed by atoms with van der Waals surface area (Å²) in [6, 6.07) is 53.4. The van der Waals surface area contributed by atoms with Crippen molar-refractivity contribution < 1.29 is 4.74 Å². The van der Waals surface area contributed by atoms with Crippen molar-refractivity contribution in [2.45, 2.75) is 5.41 Å². The van der Waals surface area contributed by atoms with E-state index in [1.165, 1.54) is 77.5 Å². The first kappa shape index (κ1) is 22.3. The molecular weight excluding hydrogens is 508 g/mol. The van der Waals surface area contributed by atoms with E-state index >= 15 is 0 Å². The summed E-state index contributed by atoms with van der Waals surface area (Å²) >= 11 is 0. The van der Waals surface area contributed by atoms with E-state index < -0.39 is 5.41 Å². The lowest BCUT2D eigenvalue weighted by atomic mass is 9.68. The Morgan fingerprint density at radius 2 is 0.810 bits per heavy atom. The van der Waals surface area contributed by atoms with Crippen molar-refractivity contribution in [1.29, 1.82) is 0 Å². The van der Waals surface area contributed by atoms with Gasteiger partial charge in [-0.2, -0.15) is 0 Å². The highest BCUT2D eigenvalue weighted by atomic mass is 16.5. The van der Waals surface area contributed by atoms with Crippen LogP contribution in [-0.2, 0) is 5.41 Å². The summed E-state index contributed by atoms with van der Waals surface area (Å²) in [5.41, 5.74) is 15.2. The third kappa shape index (κ3) is 2.56. The molecule has 1 heteroatoms. The van der Waals surface area contributed by atoms with E-state index in [0.29, 0.717) is 0 Å². The lowest BCUT2D eigenvalue weighted by Gasteiger charge is -2.33. The minimum atomic E-state index is -0.405. The molecular formula is C41H24O. The Hall–Kier alpha value is -5.40. The zero-order valence-electron chi connectivity index (χ0n) is 22.8. The molecule has 7 aromatic rings. The van der Waals surface area contributed by atoms with Gasteiger partial charge in [0.25, 0.3) is 0 Å². The normalized spacial score (nSPS) is 14.1. The molecule has 2 aliphatic carbocycles. The van der Waals surface area contributed by atoms with Crippen LogP contribution in [0.3, 0.4) is 0 Å². The van der Waals surface area contributed by atoms with Crippen molar-refractivity contribution in [2.24, 2.45) is 0 Å². The predicted molar refractivity (Wildman–Crippen MR) is 171 cm³/mol. The monoisotopic (exact) mass is 532 g/mol. The van der Waals surface area contributed by atoms with Gasteiger partial charge in [0, 0.05) is 10.9 Å². The summed E-state index contributed by atoms with van der Waals surface area (Å²) in [6.07, 6.45) is 0. The Labute approximate surface area is 244 Å². The van der Waals surface area contributed by atoms with Gasteiger partial charge in [0.1, 0.15) is 11.5 Å². The first-order valence-electron chi connectivity index (χ1n) is 14.6. The van der Waals surface area contributed by atoms with Gasteiger partial charge in [0.15, 0.2) is 0 Å². The molecule has 0 unspecified atom stereocenters. The summed E-state index contributed by atoms with van der Waals surface area (Å²) in [4.78, 5) is 0. The van der Waals surface area contributed by atoms with Gasteiger partial charge in [-0.15, -0.1) is 0 Å².